The van der Waals surface area contributed by atoms with Crippen LogP contribution in [0.25, 0.3) is 0 Å². The fourth-order valence-electron chi connectivity index (χ4n) is 1.05. The van der Waals surface area contributed by atoms with Crippen LogP contribution in [0, 0.1) is 0 Å². The Hall–Kier alpha value is -1.19. The molecule has 1 rings (SSSR count). The molecule has 0 saturated heterocycles. The van der Waals surface area contributed by atoms with Gasteiger partial charge in [-0.25, -0.2) is 0 Å². The minimum Gasteiger partial charge on any atom is -0.369 e. The highest BCUT2D eigenvalue weighted by atomic mass is 15.5. The summed E-state index contributed by atoms with van der Waals surface area (Å²) in [5, 5.41) is 7.05. The molecule has 0 aliphatic rings. The first-order valence-electron chi connectivity index (χ1n) is 4.37. The van der Waals surface area contributed by atoms with Crippen molar-refractivity contribution in [3.05, 3.63) is 12.3 Å². The molecular formula is C8H16N4. The van der Waals surface area contributed by atoms with Gasteiger partial charge in [-0.1, -0.05) is 19.8 Å². The Morgan fingerprint density at radius 3 is 3.00 bits per heavy atom. The van der Waals surface area contributed by atoms with E-state index in [9.17, 15) is 0 Å². The second kappa shape index (κ2) is 4.64. The number of nitrogens with two attached hydrogens (primary N) is 1. The summed E-state index contributed by atoms with van der Waals surface area (Å²) in [4.78, 5) is 1.35. The van der Waals surface area contributed by atoms with Crippen LogP contribution in [0.15, 0.2) is 12.3 Å². The van der Waals surface area contributed by atoms with Crippen LogP contribution >= 0.6 is 0 Å². The largest absolute Gasteiger partial charge is 0.369 e. The zero-order valence-corrected chi connectivity index (χ0v) is 7.45. The summed E-state index contributed by atoms with van der Waals surface area (Å²) in [6, 6.07) is 1.87. The molecule has 0 saturated carbocycles. The van der Waals surface area contributed by atoms with Gasteiger partial charge in [-0.2, -0.15) is 9.89 Å². The van der Waals surface area contributed by atoms with Crippen molar-refractivity contribution in [2.24, 2.45) is 0 Å². The van der Waals surface area contributed by atoms with E-state index < -0.39 is 0 Å². The van der Waals surface area contributed by atoms with Crippen molar-refractivity contribution >= 4 is 5.82 Å². The first kappa shape index (κ1) is 8.90. The summed E-state index contributed by atoms with van der Waals surface area (Å²) in [6.45, 7) is 3.16. The van der Waals surface area contributed by atoms with Gasteiger partial charge in [0, 0.05) is 12.6 Å². The van der Waals surface area contributed by atoms with Gasteiger partial charge in [0.25, 0.3) is 0 Å². The summed E-state index contributed by atoms with van der Waals surface area (Å²) in [6.07, 6.45) is 5.36. The van der Waals surface area contributed by atoms with Crippen molar-refractivity contribution in [2.75, 3.05) is 17.7 Å². The van der Waals surface area contributed by atoms with E-state index in [0.29, 0.717) is 0 Å². The fraction of sp³-hybridized carbons (Fsp3) is 0.625. The number of nitrogen functional groups attached to an aromatic ring is 1. The minimum atomic E-state index is 0.881. The predicted octanol–water partition coefficient (Wildman–Crippen LogP) is 1.20. The molecule has 68 valence electrons. The zero-order chi connectivity index (χ0) is 8.81. The molecule has 0 atom stereocenters. The van der Waals surface area contributed by atoms with Gasteiger partial charge in [-0.15, -0.1) is 0 Å². The van der Waals surface area contributed by atoms with Gasteiger partial charge in [0.2, 0.25) is 0 Å². The van der Waals surface area contributed by atoms with E-state index in [1.807, 2.05) is 6.07 Å². The topological polar surface area (TPSA) is 55.9 Å². The number of anilines is 1. The molecule has 0 aliphatic heterocycles. The van der Waals surface area contributed by atoms with Crippen LogP contribution in [0.3, 0.4) is 0 Å². The van der Waals surface area contributed by atoms with Crippen LogP contribution in [-0.2, 0) is 0 Å². The summed E-state index contributed by atoms with van der Waals surface area (Å²) < 4.78 is 0. The van der Waals surface area contributed by atoms with E-state index in [2.05, 4.69) is 17.3 Å². The number of unbranched alkanes of at least 4 members (excludes halogenated alkanes) is 2. The molecule has 0 fully saturated rings. The van der Waals surface area contributed by atoms with Gasteiger partial charge in [0.15, 0.2) is 0 Å². The number of nitrogens with zero attached hydrogens (tertiary/aromatic N) is 2. The van der Waals surface area contributed by atoms with E-state index in [1.165, 1.54) is 24.1 Å². The monoisotopic (exact) mass is 168 g/mol. The molecule has 0 spiro atoms. The van der Waals surface area contributed by atoms with Gasteiger partial charge in [-0.3, -0.25) is 0 Å². The van der Waals surface area contributed by atoms with E-state index in [4.69, 9.17) is 5.84 Å². The lowest BCUT2D eigenvalue weighted by atomic mass is 10.2. The molecule has 1 aromatic heterocycles. The number of hydrogen-bond acceptors (Lipinski definition) is 3. The molecular weight excluding hydrogens is 152 g/mol. The molecule has 4 nitrogen and oxygen atoms in total. The fourth-order valence-corrected chi connectivity index (χ4v) is 1.05. The van der Waals surface area contributed by atoms with Crippen LogP contribution in [0.4, 0.5) is 5.82 Å². The Morgan fingerprint density at radius 1 is 1.58 bits per heavy atom. The standard InChI is InChI=1S/C8H16N4/c1-2-3-4-6-10-8-5-7-11-12(8)9/h5,7,10H,2-4,6,9H2,1H3. The van der Waals surface area contributed by atoms with Crippen LogP contribution in [0.5, 0.6) is 0 Å². The Morgan fingerprint density at radius 2 is 2.42 bits per heavy atom. The van der Waals surface area contributed by atoms with Gasteiger partial charge < -0.3 is 11.2 Å². The average molecular weight is 168 g/mol. The second-order valence-electron chi connectivity index (χ2n) is 2.79. The van der Waals surface area contributed by atoms with E-state index in [-0.39, 0.29) is 0 Å². The predicted molar refractivity (Wildman–Crippen MR) is 50.4 cm³/mol. The highest BCUT2D eigenvalue weighted by Crippen LogP contribution is 2.02. The molecule has 0 bridgehead atoms. The quantitative estimate of drug-likeness (QED) is 0.513. The van der Waals surface area contributed by atoms with Crippen LogP contribution in [-0.4, -0.2) is 16.4 Å². The Bertz CT molecular complexity index is 219. The second-order valence-corrected chi connectivity index (χ2v) is 2.79. The maximum Gasteiger partial charge on any atom is 0.147 e. The van der Waals surface area contributed by atoms with Crippen molar-refractivity contribution in [3.63, 3.8) is 0 Å². The van der Waals surface area contributed by atoms with E-state index >= 15 is 0 Å². The lowest BCUT2D eigenvalue weighted by Gasteiger charge is -2.04. The molecule has 1 aromatic rings. The van der Waals surface area contributed by atoms with E-state index in [1.54, 1.807) is 6.20 Å². The Labute approximate surface area is 72.7 Å². The van der Waals surface area contributed by atoms with Crippen LogP contribution in [0.2, 0.25) is 0 Å². The third kappa shape index (κ3) is 2.45. The number of nitrogens with one attached hydrogen (secondary N) is 1. The molecule has 0 unspecified atom stereocenters. The molecule has 4 heteroatoms. The summed E-state index contributed by atoms with van der Waals surface area (Å²) in [7, 11) is 0. The lowest BCUT2D eigenvalue weighted by Crippen LogP contribution is -2.15. The van der Waals surface area contributed by atoms with Gasteiger partial charge in [-0.05, 0) is 6.42 Å². The summed E-state index contributed by atoms with van der Waals surface area (Å²) in [5.74, 6) is 6.38. The Balaban J connectivity index is 2.20. The third-order valence-electron chi connectivity index (χ3n) is 1.76. The smallest absolute Gasteiger partial charge is 0.147 e. The molecule has 0 aliphatic carbocycles. The molecule has 3 N–H and O–H groups in total. The lowest BCUT2D eigenvalue weighted by molar-refractivity contribution is 0.735. The maximum absolute atomic E-state index is 5.50. The van der Waals surface area contributed by atoms with Crippen LogP contribution < -0.4 is 11.2 Å². The van der Waals surface area contributed by atoms with Gasteiger partial charge in [0.05, 0.1) is 6.20 Å². The summed E-state index contributed by atoms with van der Waals surface area (Å²) >= 11 is 0. The normalized spacial score (nSPS) is 10.1. The number of aromatic nitrogens is 2. The molecule has 0 amide bonds. The van der Waals surface area contributed by atoms with Crippen molar-refractivity contribution in [1.82, 2.24) is 9.89 Å². The van der Waals surface area contributed by atoms with Crippen LogP contribution in [0.1, 0.15) is 26.2 Å². The first-order valence-corrected chi connectivity index (χ1v) is 4.37. The van der Waals surface area contributed by atoms with Crippen molar-refractivity contribution in [2.45, 2.75) is 26.2 Å². The summed E-state index contributed by atoms with van der Waals surface area (Å²) in [5.41, 5.74) is 0. The SMILES string of the molecule is CCCCCNc1ccnn1N. The van der Waals surface area contributed by atoms with Crippen molar-refractivity contribution < 1.29 is 0 Å². The third-order valence-corrected chi connectivity index (χ3v) is 1.76. The van der Waals surface area contributed by atoms with Crippen molar-refractivity contribution in [3.8, 4) is 0 Å². The first-order chi connectivity index (χ1) is 5.84. The molecule has 0 aromatic carbocycles. The maximum atomic E-state index is 5.50. The van der Waals surface area contributed by atoms with Crippen molar-refractivity contribution in [1.29, 1.82) is 0 Å². The zero-order valence-electron chi connectivity index (χ0n) is 7.45. The van der Waals surface area contributed by atoms with Gasteiger partial charge in [0.1, 0.15) is 5.82 Å². The highest BCUT2D eigenvalue weighted by molar-refractivity contribution is 5.33. The molecule has 0 radical (unpaired) electrons. The number of hydrogen-bond donors (Lipinski definition) is 2. The molecule has 12 heavy (non-hydrogen) atoms. The highest BCUT2D eigenvalue weighted by Gasteiger charge is 1.95. The average Bonchev–Trinajstić information content (AvgIpc) is 2.46. The Kier molecular flexibility index (Phi) is 3.44. The van der Waals surface area contributed by atoms with Gasteiger partial charge >= 0.3 is 0 Å². The minimum absolute atomic E-state index is 0.881. The van der Waals surface area contributed by atoms with E-state index in [0.717, 1.165) is 12.4 Å². The number of rotatable bonds is 5. The molecule has 1 heterocycles.